The summed E-state index contributed by atoms with van der Waals surface area (Å²) in [5, 5.41) is 13.1. The Morgan fingerprint density at radius 3 is 2.89 bits per heavy atom. The predicted octanol–water partition coefficient (Wildman–Crippen LogP) is 2.23. The summed E-state index contributed by atoms with van der Waals surface area (Å²) in [6.45, 7) is 3.07. The largest absolute Gasteiger partial charge is 0.469 e. The van der Waals surface area contributed by atoms with E-state index in [-0.39, 0.29) is 0 Å². The fraction of sp³-hybridized carbons (Fsp3) is 0.846. The van der Waals surface area contributed by atoms with Gasteiger partial charge in [0, 0.05) is 20.2 Å². The summed E-state index contributed by atoms with van der Waals surface area (Å²) in [7, 11) is 1.70. The van der Waals surface area contributed by atoms with Crippen molar-refractivity contribution in [2.24, 2.45) is 5.92 Å². The van der Waals surface area contributed by atoms with E-state index in [4.69, 9.17) is 9.47 Å². The maximum absolute atomic E-state index is 5.75. The van der Waals surface area contributed by atoms with Crippen molar-refractivity contribution in [3.8, 4) is 5.19 Å². The lowest BCUT2D eigenvalue weighted by Gasteiger charge is -2.20. The van der Waals surface area contributed by atoms with Gasteiger partial charge in [0.1, 0.15) is 5.01 Å². The Kier molecular flexibility index (Phi) is 6.53. The Hall–Kier alpha value is -0.720. The van der Waals surface area contributed by atoms with Gasteiger partial charge in [-0.05, 0) is 18.8 Å². The molecule has 0 radical (unpaired) electrons. The molecule has 1 aromatic heterocycles. The first-order chi connectivity index (χ1) is 9.38. The molecule has 1 fully saturated rings. The highest BCUT2D eigenvalue weighted by atomic mass is 32.1. The van der Waals surface area contributed by atoms with E-state index in [0.717, 1.165) is 24.7 Å². The van der Waals surface area contributed by atoms with E-state index >= 15 is 0 Å². The Bertz CT molecular complexity index is 353. The lowest BCUT2D eigenvalue weighted by Crippen LogP contribution is -2.18. The van der Waals surface area contributed by atoms with E-state index in [1.165, 1.54) is 43.4 Å². The van der Waals surface area contributed by atoms with Gasteiger partial charge in [-0.3, -0.25) is 0 Å². The Morgan fingerprint density at radius 2 is 2.11 bits per heavy atom. The molecule has 0 spiro atoms. The molecule has 19 heavy (non-hydrogen) atoms. The fourth-order valence-electron chi connectivity index (χ4n) is 2.28. The number of nitrogens with zero attached hydrogens (tertiary/aromatic N) is 2. The molecule has 1 aliphatic rings. The minimum absolute atomic E-state index is 0.703. The fourth-order valence-corrected chi connectivity index (χ4v) is 2.95. The molecular formula is C13H23N3O2S. The van der Waals surface area contributed by atoms with Gasteiger partial charge in [-0.25, -0.2) is 0 Å². The molecular weight excluding hydrogens is 262 g/mol. The van der Waals surface area contributed by atoms with Gasteiger partial charge in [0.05, 0.1) is 13.2 Å². The molecule has 0 bridgehead atoms. The zero-order chi connectivity index (χ0) is 13.3. The van der Waals surface area contributed by atoms with Crippen molar-refractivity contribution in [3.63, 3.8) is 0 Å². The van der Waals surface area contributed by atoms with Crippen LogP contribution in [0.4, 0.5) is 0 Å². The number of aromatic nitrogens is 2. The van der Waals surface area contributed by atoms with Crippen LogP contribution in [0.1, 0.15) is 37.1 Å². The second kappa shape index (κ2) is 8.45. The highest BCUT2D eigenvalue weighted by molar-refractivity contribution is 7.13. The highest BCUT2D eigenvalue weighted by Gasteiger charge is 2.15. The van der Waals surface area contributed by atoms with E-state index in [9.17, 15) is 0 Å². The van der Waals surface area contributed by atoms with Gasteiger partial charge >= 0.3 is 0 Å². The van der Waals surface area contributed by atoms with E-state index < -0.39 is 0 Å². The van der Waals surface area contributed by atoms with Crippen molar-refractivity contribution in [2.45, 2.75) is 38.6 Å². The molecule has 108 valence electrons. The molecule has 0 amide bonds. The van der Waals surface area contributed by atoms with Crippen LogP contribution in [0, 0.1) is 5.92 Å². The summed E-state index contributed by atoms with van der Waals surface area (Å²) in [5.74, 6) is 0.709. The zero-order valence-corrected chi connectivity index (χ0v) is 12.4. The van der Waals surface area contributed by atoms with Crippen LogP contribution in [-0.4, -0.2) is 37.1 Å². The molecule has 1 N–H and O–H groups in total. The number of hydrogen-bond acceptors (Lipinski definition) is 6. The maximum Gasteiger partial charge on any atom is 0.294 e. The SMILES string of the molecule is COCCNCc1nnc(OCC2CCCCC2)s1. The summed E-state index contributed by atoms with van der Waals surface area (Å²) in [6.07, 6.45) is 6.67. The monoisotopic (exact) mass is 285 g/mol. The van der Waals surface area contributed by atoms with Crippen LogP contribution < -0.4 is 10.1 Å². The molecule has 6 heteroatoms. The second-order valence-electron chi connectivity index (χ2n) is 4.95. The minimum Gasteiger partial charge on any atom is -0.469 e. The third kappa shape index (κ3) is 5.42. The summed E-state index contributed by atoms with van der Waals surface area (Å²) in [4.78, 5) is 0. The first kappa shape index (κ1) is 14.7. The average Bonchev–Trinajstić information content (AvgIpc) is 2.91. The molecule has 1 aliphatic carbocycles. The molecule has 0 saturated heterocycles. The smallest absolute Gasteiger partial charge is 0.294 e. The number of hydrogen-bond donors (Lipinski definition) is 1. The minimum atomic E-state index is 0.703. The summed E-state index contributed by atoms with van der Waals surface area (Å²) < 4.78 is 10.7. The average molecular weight is 285 g/mol. The number of methoxy groups -OCH3 is 1. The quantitative estimate of drug-likeness (QED) is 0.742. The van der Waals surface area contributed by atoms with Gasteiger partial charge in [-0.15, -0.1) is 10.2 Å². The molecule has 1 saturated carbocycles. The van der Waals surface area contributed by atoms with E-state index in [1.807, 2.05) is 0 Å². The van der Waals surface area contributed by atoms with Crippen LogP contribution >= 0.6 is 11.3 Å². The Morgan fingerprint density at radius 1 is 1.26 bits per heavy atom. The van der Waals surface area contributed by atoms with Gasteiger partial charge < -0.3 is 14.8 Å². The summed E-state index contributed by atoms with van der Waals surface area (Å²) in [5.41, 5.74) is 0. The predicted molar refractivity (Wildman–Crippen MR) is 75.6 cm³/mol. The van der Waals surface area contributed by atoms with Gasteiger partial charge in [-0.2, -0.15) is 0 Å². The van der Waals surface area contributed by atoms with Crippen LogP contribution in [0.25, 0.3) is 0 Å². The van der Waals surface area contributed by atoms with Crippen LogP contribution in [0.3, 0.4) is 0 Å². The lowest BCUT2D eigenvalue weighted by atomic mass is 9.90. The number of rotatable bonds is 8. The van der Waals surface area contributed by atoms with Crippen molar-refractivity contribution >= 4 is 11.3 Å². The highest BCUT2D eigenvalue weighted by Crippen LogP contribution is 2.25. The van der Waals surface area contributed by atoms with Crippen molar-refractivity contribution in [1.29, 1.82) is 0 Å². The van der Waals surface area contributed by atoms with E-state index in [1.54, 1.807) is 7.11 Å². The standard InChI is InChI=1S/C13H23N3O2S/c1-17-8-7-14-9-12-15-16-13(19-12)18-10-11-5-3-2-4-6-11/h11,14H,2-10H2,1H3. The lowest BCUT2D eigenvalue weighted by molar-refractivity contribution is 0.199. The van der Waals surface area contributed by atoms with Crippen LogP contribution in [0.2, 0.25) is 0 Å². The molecule has 1 aromatic rings. The molecule has 0 unspecified atom stereocenters. The first-order valence-corrected chi connectivity index (χ1v) is 7.85. The normalized spacial score (nSPS) is 16.7. The van der Waals surface area contributed by atoms with Crippen molar-refractivity contribution in [2.75, 3.05) is 26.9 Å². The Balaban J connectivity index is 1.65. The van der Waals surface area contributed by atoms with Crippen LogP contribution in [0.5, 0.6) is 5.19 Å². The van der Waals surface area contributed by atoms with Crippen LogP contribution in [0.15, 0.2) is 0 Å². The van der Waals surface area contributed by atoms with E-state index in [0.29, 0.717) is 17.7 Å². The van der Waals surface area contributed by atoms with Gasteiger partial charge in [0.15, 0.2) is 0 Å². The molecule has 2 rings (SSSR count). The molecule has 0 aliphatic heterocycles. The van der Waals surface area contributed by atoms with Gasteiger partial charge in [0.2, 0.25) is 0 Å². The van der Waals surface area contributed by atoms with Crippen LogP contribution in [-0.2, 0) is 11.3 Å². The summed E-state index contributed by atoms with van der Waals surface area (Å²) >= 11 is 1.53. The molecule has 1 heterocycles. The number of ether oxygens (including phenoxy) is 2. The molecule has 5 nitrogen and oxygen atoms in total. The van der Waals surface area contributed by atoms with Crippen molar-refractivity contribution in [1.82, 2.24) is 15.5 Å². The third-order valence-electron chi connectivity index (χ3n) is 3.37. The molecule has 0 atom stereocenters. The van der Waals surface area contributed by atoms with E-state index in [2.05, 4.69) is 15.5 Å². The molecule has 0 aromatic carbocycles. The third-order valence-corrected chi connectivity index (χ3v) is 4.21. The van der Waals surface area contributed by atoms with Crippen molar-refractivity contribution < 1.29 is 9.47 Å². The second-order valence-corrected chi connectivity index (χ2v) is 5.97. The Labute approximate surface area is 118 Å². The summed E-state index contributed by atoms with van der Waals surface area (Å²) in [6, 6.07) is 0. The number of nitrogens with one attached hydrogen (secondary N) is 1. The topological polar surface area (TPSA) is 56.3 Å². The first-order valence-electron chi connectivity index (χ1n) is 7.03. The van der Waals surface area contributed by atoms with Gasteiger partial charge in [0.25, 0.3) is 5.19 Å². The maximum atomic E-state index is 5.75. The van der Waals surface area contributed by atoms with Gasteiger partial charge in [-0.1, -0.05) is 30.6 Å². The van der Waals surface area contributed by atoms with Crippen molar-refractivity contribution in [3.05, 3.63) is 5.01 Å². The zero-order valence-electron chi connectivity index (χ0n) is 11.6.